The van der Waals surface area contributed by atoms with E-state index < -0.39 is 12.0 Å². The Labute approximate surface area is 118 Å². The van der Waals surface area contributed by atoms with Gasteiger partial charge in [0.05, 0.1) is 0 Å². The molecule has 3 rings (SSSR count). The van der Waals surface area contributed by atoms with Gasteiger partial charge in [0, 0.05) is 19.4 Å². The van der Waals surface area contributed by atoms with Gasteiger partial charge in [-0.1, -0.05) is 6.92 Å². The molecule has 0 amide bonds. The van der Waals surface area contributed by atoms with E-state index in [1.165, 1.54) is 6.42 Å². The molecule has 3 heterocycles. The number of rotatable bonds is 4. The van der Waals surface area contributed by atoms with Gasteiger partial charge in [0.2, 0.25) is 0 Å². The Bertz CT molecular complexity index is 499. The zero-order chi connectivity index (χ0) is 14.1. The molecule has 1 N–H and O–H groups in total. The molecule has 6 heteroatoms. The first-order chi connectivity index (χ1) is 9.67. The Morgan fingerprint density at radius 3 is 3.00 bits per heavy atom. The zero-order valence-electron chi connectivity index (χ0n) is 12.0. The van der Waals surface area contributed by atoms with Crippen molar-refractivity contribution < 1.29 is 9.90 Å². The number of carboxylic acids is 1. The number of hydrogen-bond donors (Lipinski definition) is 1. The van der Waals surface area contributed by atoms with Crippen LogP contribution in [0.2, 0.25) is 0 Å². The molecule has 1 saturated heterocycles. The van der Waals surface area contributed by atoms with Gasteiger partial charge in [0.1, 0.15) is 5.82 Å². The lowest BCUT2D eigenvalue weighted by atomic mass is 10.0. The first-order valence-corrected chi connectivity index (χ1v) is 7.56. The smallest absolute Gasteiger partial charge is 0.328 e. The molecule has 0 bridgehead atoms. The summed E-state index contributed by atoms with van der Waals surface area (Å²) in [6.07, 6.45) is 4.48. The fraction of sp³-hybridized carbons (Fsp3) is 0.786. The van der Waals surface area contributed by atoms with Crippen molar-refractivity contribution in [2.45, 2.75) is 45.1 Å². The number of hydrogen-bond acceptors (Lipinski definition) is 4. The Kier molecular flexibility index (Phi) is 3.74. The Hall–Kier alpha value is -1.43. The molecular weight excluding hydrogens is 256 g/mol. The third kappa shape index (κ3) is 2.57. The average Bonchev–Trinajstić information content (AvgIpc) is 3.03. The Balaban J connectivity index is 1.71. The number of nitrogens with zero attached hydrogens (tertiary/aromatic N) is 4. The molecule has 0 aromatic carbocycles. The monoisotopic (exact) mass is 278 g/mol. The van der Waals surface area contributed by atoms with Crippen molar-refractivity contribution in [2.24, 2.45) is 5.92 Å². The van der Waals surface area contributed by atoms with E-state index in [1.54, 1.807) is 4.68 Å². The van der Waals surface area contributed by atoms with Gasteiger partial charge < -0.3 is 10.0 Å². The van der Waals surface area contributed by atoms with Gasteiger partial charge in [-0.05, 0) is 38.3 Å². The maximum atomic E-state index is 11.3. The zero-order valence-corrected chi connectivity index (χ0v) is 12.0. The predicted molar refractivity (Wildman–Crippen MR) is 73.6 cm³/mol. The highest BCUT2D eigenvalue weighted by Crippen LogP contribution is 2.25. The lowest BCUT2D eigenvalue weighted by Gasteiger charge is -2.19. The topological polar surface area (TPSA) is 71.2 Å². The van der Waals surface area contributed by atoms with Crippen molar-refractivity contribution in [1.82, 2.24) is 19.7 Å². The van der Waals surface area contributed by atoms with Crippen LogP contribution >= 0.6 is 0 Å². The summed E-state index contributed by atoms with van der Waals surface area (Å²) >= 11 is 0. The van der Waals surface area contributed by atoms with E-state index in [1.807, 2.05) is 0 Å². The van der Waals surface area contributed by atoms with Crippen LogP contribution in [-0.2, 0) is 17.6 Å². The second-order valence-corrected chi connectivity index (χ2v) is 5.89. The molecule has 1 fully saturated rings. The molecule has 110 valence electrons. The maximum Gasteiger partial charge on any atom is 0.328 e. The first kappa shape index (κ1) is 13.5. The van der Waals surface area contributed by atoms with Crippen LogP contribution in [0.5, 0.6) is 0 Å². The van der Waals surface area contributed by atoms with Crippen LogP contribution in [-0.4, -0.2) is 50.4 Å². The van der Waals surface area contributed by atoms with Gasteiger partial charge in [-0.15, -0.1) is 0 Å². The van der Waals surface area contributed by atoms with Crippen molar-refractivity contribution in [1.29, 1.82) is 0 Å². The average molecular weight is 278 g/mol. The third-order valence-electron chi connectivity index (χ3n) is 4.49. The molecule has 6 nitrogen and oxygen atoms in total. The molecule has 2 atom stereocenters. The second kappa shape index (κ2) is 5.52. The molecular formula is C14H22N4O2. The largest absolute Gasteiger partial charge is 0.480 e. The maximum absolute atomic E-state index is 11.3. The van der Waals surface area contributed by atoms with Crippen LogP contribution in [0.3, 0.4) is 0 Å². The summed E-state index contributed by atoms with van der Waals surface area (Å²) in [5.74, 6) is 1.50. The Morgan fingerprint density at radius 1 is 1.45 bits per heavy atom. The van der Waals surface area contributed by atoms with Gasteiger partial charge in [0.15, 0.2) is 11.9 Å². The fourth-order valence-corrected chi connectivity index (χ4v) is 3.34. The van der Waals surface area contributed by atoms with Crippen LogP contribution in [0.4, 0.5) is 0 Å². The summed E-state index contributed by atoms with van der Waals surface area (Å²) in [4.78, 5) is 18.3. The van der Waals surface area contributed by atoms with Crippen molar-refractivity contribution in [3.63, 3.8) is 0 Å². The van der Waals surface area contributed by atoms with E-state index in [-0.39, 0.29) is 0 Å². The van der Waals surface area contributed by atoms with E-state index in [2.05, 4.69) is 21.9 Å². The SMILES string of the molecule is CCN1CCC(Cc2nc3n(n2)C(C(=O)O)CCC3)C1. The number of likely N-dealkylation sites (tertiary alicyclic amines) is 1. The van der Waals surface area contributed by atoms with Crippen LogP contribution < -0.4 is 0 Å². The molecule has 0 spiro atoms. The van der Waals surface area contributed by atoms with E-state index in [0.29, 0.717) is 12.3 Å². The summed E-state index contributed by atoms with van der Waals surface area (Å²) in [5, 5.41) is 13.7. The second-order valence-electron chi connectivity index (χ2n) is 5.89. The van der Waals surface area contributed by atoms with Gasteiger partial charge in [-0.3, -0.25) is 0 Å². The minimum atomic E-state index is -0.791. The highest BCUT2D eigenvalue weighted by Gasteiger charge is 2.29. The lowest BCUT2D eigenvalue weighted by Crippen LogP contribution is -2.26. The summed E-state index contributed by atoms with van der Waals surface area (Å²) in [6, 6.07) is -0.518. The van der Waals surface area contributed by atoms with Gasteiger partial charge in [0.25, 0.3) is 0 Å². The number of carbonyl (C=O) groups is 1. The van der Waals surface area contributed by atoms with Gasteiger partial charge in [-0.2, -0.15) is 5.10 Å². The molecule has 2 unspecified atom stereocenters. The molecule has 1 aromatic heterocycles. The predicted octanol–water partition coefficient (Wildman–Crippen LogP) is 1.12. The van der Waals surface area contributed by atoms with Crippen LogP contribution in [0.25, 0.3) is 0 Å². The number of aromatic nitrogens is 3. The molecule has 0 saturated carbocycles. The minimum Gasteiger partial charge on any atom is -0.480 e. The van der Waals surface area contributed by atoms with Crippen LogP contribution in [0.15, 0.2) is 0 Å². The number of fused-ring (bicyclic) bond motifs is 1. The quantitative estimate of drug-likeness (QED) is 0.893. The van der Waals surface area contributed by atoms with Gasteiger partial charge in [-0.25, -0.2) is 14.5 Å². The van der Waals surface area contributed by atoms with Gasteiger partial charge >= 0.3 is 5.97 Å². The molecule has 0 radical (unpaired) electrons. The highest BCUT2D eigenvalue weighted by molar-refractivity contribution is 5.71. The molecule has 1 aromatic rings. The van der Waals surface area contributed by atoms with Crippen molar-refractivity contribution >= 4 is 5.97 Å². The fourth-order valence-electron chi connectivity index (χ4n) is 3.34. The number of carboxylic acid groups (broad SMARTS) is 1. The number of aryl methyl sites for hydroxylation is 1. The summed E-state index contributed by atoms with van der Waals surface area (Å²) in [7, 11) is 0. The van der Waals surface area contributed by atoms with Crippen molar-refractivity contribution in [3.8, 4) is 0 Å². The minimum absolute atomic E-state index is 0.518. The van der Waals surface area contributed by atoms with Crippen LogP contribution in [0.1, 0.15) is 43.9 Å². The van der Waals surface area contributed by atoms with Crippen LogP contribution in [0, 0.1) is 5.92 Å². The molecule has 2 aliphatic heterocycles. The van der Waals surface area contributed by atoms with E-state index in [0.717, 1.165) is 50.5 Å². The lowest BCUT2D eigenvalue weighted by molar-refractivity contribution is -0.141. The van der Waals surface area contributed by atoms with Crippen molar-refractivity contribution in [3.05, 3.63) is 11.6 Å². The standard InChI is InChI=1S/C14H22N4O2/c1-2-17-7-6-10(9-17)8-12-15-13-5-3-4-11(14(19)20)18(13)16-12/h10-11H,2-9H2,1H3,(H,19,20). The highest BCUT2D eigenvalue weighted by atomic mass is 16.4. The van der Waals surface area contributed by atoms with E-state index >= 15 is 0 Å². The summed E-state index contributed by atoms with van der Waals surface area (Å²) in [5.41, 5.74) is 0. The third-order valence-corrected chi connectivity index (χ3v) is 4.49. The van der Waals surface area contributed by atoms with E-state index in [9.17, 15) is 9.90 Å². The molecule has 0 aliphatic carbocycles. The first-order valence-electron chi connectivity index (χ1n) is 7.56. The normalized spacial score (nSPS) is 26.6. The molecule has 20 heavy (non-hydrogen) atoms. The van der Waals surface area contributed by atoms with Crippen molar-refractivity contribution in [2.75, 3.05) is 19.6 Å². The molecule has 2 aliphatic rings. The summed E-state index contributed by atoms with van der Waals surface area (Å²) in [6.45, 7) is 5.56. The Morgan fingerprint density at radius 2 is 2.30 bits per heavy atom. The summed E-state index contributed by atoms with van der Waals surface area (Å²) < 4.78 is 1.65. The number of aliphatic carboxylic acids is 1. The van der Waals surface area contributed by atoms with E-state index in [4.69, 9.17) is 0 Å².